The van der Waals surface area contributed by atoms with Gasteiger partial charge in [-0.15, -0.1) is 0 Å². The number of hydrogen-bond donors (Lipinski definition) is 0. The van der Waals surface area contributed by atoms with Crippen LogP contribution in [0.3, 0.4) is 0 Å². The van der Waals surface area contributed by atoms with Gasteiger partial charge < -0.3 is 14.5 Å². The second kappa shape index (κ2) is 8.48. The summed E-state index contributed by atoms with van der Waals surface area (Å²) in [6.45, 7) is 11.7. The molecular formula is C14H30N2O2. The number of nitrogens with zero attached hydrogens (tertiary/aromatic N) is 2. The Balaban J connectivity index is 3.82. The van der Waals surface area contributed by atoms with Gasteiger partial charge in [0.15, 0.2) is 0 Å². The number of esters is 1. The first-order valence-electron chi connectivity index (χ1n) is 6.83. The van der Waals surface area contributed by atoms with Crippen LogP contribution in [0.15, 0.2) is 0 Å². The highest BCUT2D eigenvalue weighted by Gasteiger charge is 2.16. The normalized spacial score (nSPS) is 12.2. The molecule has 4 nitrogen and oxygen atoms in total. The first-order chi connectivity index (χ1) is 8.24. The van der Waals surface area contributed by atoms with Crippen LogP contribution < -0.4 is 0 Å². The first kappa shape index (κ1) is 17.4. The summed E-state index contributed by atoms with van der Waals surface area (Å²) in [5.41, 5.74) is -0.376. The van der Waals surface area contributed by atoms with Crippen LogP contribution in [0.4, 0.5) is 0 Å². The van der Waals surface area contributed by atoms with Crippen molar-refractivity contribution in [3.63, 3.8) is 0 Å². The van der Waals surface area contributed by atoms with Crippen molar-refractivity contribution in [3.8, 4) is 0 Å². The average molecular weight is 258 g/mol. The molecule has 0 aromatic heterocycles. The predicted octanol–water partition coefficient (Wildman–Crippen LogP) is 1.99. The molecule has 0 aliphatic carbocycles. The van der Waals surface area contributed by atoms with Crippen LogP contribution >= 0.6 is 0 Å². The summed E-state index contributed by atoms with van der Waals surface area (Å²) in [5, 5.41) is 0. The monoisotopic (exact) mass is 258 g/mol. The molecule has 0 unspecified atom stereocenters. The maximum absolute atomic E-state index is 11.6. The summed E-state index contributed by atoms with van der Waals surface area (Å²) in [4.78, 5) is 16.1. The molecule has 0 atom stereocenters. The van der Waals surface area contributed by atoms with E-state index in [2.05, 4.69) is 30.8 Å². The molecule has 0 radical (unpaired) electrons. The molecule has 18 heavy (non-hydrogen) atoms. The lowest BCUT2D eigenvalue weighted by atomic mass is 10.2. The molecule has 0 aliphatic rings. The predicted molar refractivity (Wildman–Crippen MR) is 75.7 cm³/mol. The number of carbonyl (C=O) groups is 1. The molecule has 108 valence electrons. The lowest BCUT2D eigenvalue weighted by Crippen LogP contribution is -2.31. The lowest BCUT2D eigenvalue weighted by molar-refractivity contribution is -0.155. The van der Waals surface area contributed by atoms with Crippen molar-refractivity contribution in [1.82, 2.24) is 9.80 Å². The molecular weight excluding hydrogens is 228 g/mol. The Morgan fingerprint density at radius 3 is 2.17 bits per heavy atom. The molecule has 0 aromatic rings. The zero-order chi connectivity index (χ0) is 14.2. The zero-order valence-electron chi connectivity index (χ0n) is 13.0. The van der Waals surface area contributed by atoms with Gasteiger partial charge in [-0.1, -0.05) is 6.92 Å². The summed E-state index contributed by atoms with van der Waals surface area (Å²) in [7, 11) is 4.16. The minimum Gasteiger partial charge on any atom is -0.460 e. The summed E-state index contributed by atoms with van der Waals surface area (Å²) in [6, 6.07) is 0. The van der Waals surface area contributed by atoms with Crippen LogP contribution in [0, 0.1) is 0 Å². The van der Waals surface area contributed by atoms with Crippen molar-refractivity contribution in [2.24, 2.45) is 0 Å². The highest BCUT2D eigenvalue weighted by molar-refractivity contribution is 5.70. The van der Waals surface area contributed by atoms with Gasteiger partial charge in [-0.3, -0.25) is 4.79 Å². The molecule has 0 aliphatic heterocycles. The smallest absolute Gasteiger partial charge is 0.307 e. The van der Waals surface area contributed by atoms with Gasteiger partial charge in [0, 0.05) is 6.54 Å². The molecule has 0 heterocycles. The van der Waals surface area contributed by atoms with Crippen molar-refractivity contribution in [1.29, 1.82) is 0 Å². The van der Waals surface area contributed by atoms with Gasteiger partial charge in [-0.2, -0.15) is 0 Å². The van der Waals surface area contributed by atoms with Gasteiger partial charge in [-0.05, 0) is 60.9 Å². The van der Waals surface area contributed by atoms with E-state index in [0.717, 1.165) is 32.6 Å². The Hall–Kier alpha value is -0.610. The Bertz CT molecular complexity index is 234. The van der Waals surface area contributed by atoms with Crippen LogP contribution in [-0.4, -0.2) is 61.6 Å². The quantitative estimate of drug-likeness (QED) is 0.623. The summed E-state index contributed by atoms with van der Waals surface area (Å²) in [5.74, 6) is -0.103. The lowest BCUT2D eigenvalue weighted by Gasteiger charge is -2.23. The summed E-state index contributed by atoms with van der Waals surface area (Å²) < 4.78 is 5.30. The van der Waals surface area contributed by atoms with Gasteiger partial charge >= 0.3 is 5.97 Å². The molecule has 4 heteroatoms. The van der Waals surface area contributed by atoms with E-state index in [-0.39, 0.29) is 11.6 Å². The van der Waals surface area contributed by atoms with E-state index in [4.69, 9.17) is 4.74 Å². The van der Waals surface area contributed by atoms with Gasteiger partial charge in [0.25, 0.3) is 0 Å². The van der Waals surface area contributed by atoms with Crippen LogP contribution in [0.2, 0.25) is 0 Å². The molecule has 0 saturated heterocycles. The second-order valence-electron chi connectivity index (χ2n) is 5.93. The Morgan fingerprint density at radius 1 is 1.11 bits per heavy atom. The van der Waals surface area contributed by atoms with E-state index in [1.165, 1.54) is 0 Å². The van der Waals surface area contributed by atoms with Crippen LogP contribution in [0.5, 0.6) is 0 Å². The topological polar surface area (TPSA) is 32.8 Å². The van der Waals surface area contributed by atoms with Gasteiger partial charge in [0.1, 0.15) is 5.60 Å². The standard InChI is InChI=1S/C14H30N2O2/c1-7-16(11-8-10-15(5)6)12-9-13(17)18-14(2,3)4/h7-12H2,1-6H3. The number of rotatable bonds is 8. The molecule has 0 N–H and O–H groups in total. The average Bonchev–Trinajstić information content (AvgIpc) is 2.20. The van der Waals surface area contributed by atoms with E-state index in [1.807, 2.05) is 20.8 Å². The van der Waals surface area contributed by atoms with Crippen molar-refractivity contribution in [3.05, 3.63) is 0 Å². The molecule has 0 amide bonds. The SMILES string of the molecule is CCN(CCCN(C)C)CCC(=O)OC(C)(C)C. The highest BCUT2D eigenvalue weighted by Crippen LogP contribution is 2.08. The van der Waals surface area contributed by atoms with Crippen molar-refractivity contribution >= 4 is 5.97 Å². The van der Waals surface area contributed by atoms with E-state index < -0.39 is 0 Å². The second-order valence-corrected chi connectivity index (χ2v) is 5.93. The maximum atomic E-state index is 11.6. The Morgan fingerprint density at radius 2 is 1.72 bits per heavy atom. The Kier molecular flexibility index (Phi) is 8.20. The molecule has 0 spiro atoms. The Labute approximate surface area is 112 Å². The van der Waals surface area contributed by atoms with E-state index in [9.17, 15) is 4.79 Å². The van der Waals surface area contributed by atoms with Crippen molar-refractivity contribution in [2.45, 2.75) is 46.1 Å². The van der Waals surface area contributed by atoms with Gasteiger partial charge in [0.2, 0.25) is 0 Å². The van der Waals surface area contributed by atoms with Crippen molar-refractivity contribution in [2.75, 3.05) is 40.3 Å². The third kappa shape index (κ3) is 10.5. The fourth-order valence-electron chi connectivity index (χ4n) is 1.68. The number of carbonyl (C=O) groups excluding carboxylic acids is 1. The minimum atomic E-state index is -0.376. The van der Waals surface area contributed by atoms with E-state index in [1.54, 1.807) is 0 Å². The molecule has 0 saturated carbocycles. The van der Waals surface area contributed by atoms with Gasteiger partial charge in [0.05, 0.1) is 6.42 Å². The molecule has 0 rings (SSSR count). The summed E-state index contributed by atoms with van der Waals surface area (Å²) in [6.07, 6.45) is 1.61. The highest BCUT2D eigenvalue weighted by atomic mass is 16.6. The number of ether oxygens (including phenoxy) is 1. The molecule has 0 fully saturated rings. The van der Waals surface area contributed by atoms with Crippen molar-refractivity contribution < 1.29 is 9.53 Å². The van der Waals surface area contributed by atoms with Crippen LogP contribution in [0.1, 0.15) is 40.5 Å². The van der Waals surface area contributed by atoms with Crippen LogP contribution in [0.25, 0.3) is 0 Å². The zero-order valence-corrected chi connectivity index (χ0v) is 13.0. The first-order valence-corrected chi connectivity index (χ1v) is 6.83. The third-order valence-electron chi connectivity index (χ3n) is 2.58. The van der Waals surface area contributed by atoms with E-state index in [0.29, 0.717) is 6.42 Å². The fourth-order valence-corrected chi connectivity index (χ4v) is 1.68. The maximum Gasteiger partial charge on any atom is 0.307 e. The largest absolute Gasteiger partial charge is 0.460 e. The van der Waals surface area contributed by atoms with E-state index >= 15 is 0 Å². The number of hydrogen-bond acceptors (Lipinski definition) is 4. The minimum absolute atomic E-state index is 0.103. The fraction of sp³-hybridized carbons (Fsp3) is 0.929. The third-order valence-corrected chi connectivity index (χ3v) is 2.58. The van der Waals surface area contributed by atoms with Gasteiger partial charge in [-0.25, -0.2) is 0 Å². The summed E-state index contributed by atoms with van der Waals surface area (Å²) >= 11 is 0. The van der Waals surface area contributed by atoms with Crippen LogP contribution in [-0.2, 0) is 9.53 Å². The molecule has 0 aromatic carbocycles. The molecule has 0 bridgehead atoms.